The van der Waals surface area contributed by atoms with Gasteiger partial charge in [0.2, 0.25) is 0 Å². The average Bonchev–Trinajstić information content (AvgIpc) is 2.72. The first-order valence-electron chi connectivity index (χ1n) is 6.01. The van der Waals surface area contributed by atoms with E-state index >= 15 is 0 Å². The lowest BCUT2D eigenvalue weighted by Gasteiger charge is -2.11. The summed E-state index contributed by atoms with van der Waals surface area (Å²) in [6.07, 6.45) is 1.03. The quantitative estimate of drug-likeness (QED) is 0.840. The van der Waals surface area contributed by atoms with Gasteiger partial charge in [0.1, 0.15) is 11.6 Å². The summed E-state index contributed by atoms with van der Waals surface area (Å²) in [5, 5.41) is 8.37. The van der Waals surface area contributed by atoms with Crippen molar-refractivity contribution in [2.75, 3.05) is 12.8 Å². The van der Waals surface area contributed by atoms with Gasteiger partial charge in [-0.25, -0.2) is 0 Å². The van der Waals surface area contributed by atoms with E-state index in [1.165, 1.54) is 0 Å². The highest BCUT2D eigenvalue weighted by Crippen LogP contribution is 2.30. The van der Waals surface area contributed by atoms with Crippen LogP contribution in [0.15, 0.2) is 18.2 Å². The number of methoxy groups -OCH3 is 1. The van der Waals surface area contributed by atoms with Crippen molar-refractivity contribution in [1.82, 2.24) is 14.8 Å². The lowest BCUT2D eigenvalue weighted by molar-refractivity contribution is 0.416. The van der Waals surface area contributed by atoms with Crippen molar-refractivity contribution < 1.29 is 4.74 Å². The number of benzene rings is 1. The van der Waals surface area contributed by atoms with Crippen molar-refractivity contribution in [3.05, 3.63) is 24.0 Å². The zero-order valence-electron chi connectivity index (χ0n) is 11.0. The number of nitrogens with zero attached hydrogens (tertiary/aromatic N) is 3. The standard InChI is InChI=1S/C13H18N4O/c1-4-7-17-9(2)15-16-13(17)11-6-5-10(14)8-12(11)18-3/h5-6,8H,4,7,14H2,1-3H3. The second kappa shape index (κ2) is 5.08. The fraction of sp³-hybridized carbons (Fsp3) is 0.385. The summed E-state index contributed by atoms with van der Waals surface area (Å²) in [7, 11) is 1.63. The van der Waals surface area contributed by atoms with Crippen molar-refractivity contribution in [3.8, 4) is 17.1 Å². The third-order valence-electron chi connectivity index (χ3n) is 2.85. The molecule has 0 unspecified atom stereocenters. The fourth-order valence-corrected chi connectivity index (χ4v) is 1.96. The summed E-state index contributed by atoms with van der Waals surface area (Å²) in [5.74, 6) is 2.46. The van der Waals surface area contributed by atoms with E-state index in [0.717, 1.165) is 35.9 Å². The largest absolute Gasteiger partial charge is 0.496 e. The number of ether oxygens (including phenoxy) is 1. The highest BCUT2D eigenvalue weighted by atomic mass is 16.5. The third-order valence-corrected chi connectivity index (χ3v) is 2.85. The van der Waals surface area contributed by atoms with E-state index in [0.29, 0.717) is 5.69 Å². The van der Waals surface area contributed by atoms with E-state index in [9.17, 15) is 0 Å². The van der Waals surface area contributed by atoms with E-state index in [1.54, 1.807) is 13.2 Å². The molecule has 0 fully saturated rings. The Morgan fingerprint density at radius 2 is 2.11 bits per heavy atom. The van der Waals surface area contributed by atoms with Crippen molar-refractivity contribution >= 4 is 5.69 Å². The maximum Gasteiger partial charge on any atom is 0.167 e. The number of aryl methyl sites for hydroxylation is 1. The minimum atomic E-state index is 0.675. The summed E-state index contributed by atoms with van der Waals surface area (Å²) in [6.45, 7) is 4.97. The Kier molecular flexibility index (Phi) is 3.50. The van der Waals surface area contributed by atoms with Crippen LogP contribution in [0.1, 0.15) is 19.2 Å². The van der Waals surface area contributed by atoms with Crippen LogP contribution < -0.4 is 10.5 Å². The van der Waals surface area contributed by atoms with Gasteiger partial charge in [-0.1, -0.05) is 6.92 Å². The molecule has 2 N–H and O–H groups in total. The van der Waals surface area contributed by atoms with Crippen molar-refractivity contribution in [2.45, 2.75) is 26.8 Å². The van der Waals surface area contributed by atoms with Crippen LogP contribution in [0.25, 0.3) is 11.4 Å². The summed E-state index contributed by atoms with van der Waals surface area (Å²) < 4.78 is 7.45. The molecule has 5 nitrogen and oxygen atoms in total. The van der Waals surface area contributed by atoms with Crippen LogP contribution in [0.2, 0.25) is 0 Å². The molecule has 1 aromatic carbocycles. The molecule has 96 valence electrons. The first kappa shape index (κ1) is 12.4. The first-order valence-corrected chi connectivity index (χ1v) is 6.01. The fourth-order valence-electron chi connectivity index (χ4n) is 1.96. The molecule has 0 aliphatic rings. The van der Waals surface area contributed by atoms with Crippen LogP contribution in [0.5, 0.6) is 5.75 Å². The summed E-state index contributed by atoms with van der Waals surface area (Å²) in [5.41, 5.74) is 7.35. The van der Waals surface area contributed by atoms with E-state index in [4.69, 9.17) is 10.5 Å². The molecule has 18 heavy (non-hydrogen) atoms. The van der Waals surface area contributed by atoms with Crippen LogP contribution in [0.4, 0.5) is 5.69 Å². The maximum absolute atomic E-state index is 5.76. The summed E-state index contributed by atoms with van der Waals surface area (Å²) in [4.78, 5) is 0. The summed E-state index contributed by atoms with van der Waals surface area (Å²) >= 11 is 0. The molecular weight excluding hydrogens is 228 g/mol. The maximum atomic E-state index is 5.76. The minimum absolute atomic E-state index is 0.675. The zero-order chi connectivity index (χ0) is 13.1. The minimum Gasteiger partial charge on any atom is -0.496 e. The number of nitrogens with two attached hydrogens (primary N) is 1. The van der Waals surface area contributed by atoms with E-state index < -0.39 is 0 Å². The van der Waals surface area contributed by atoms with Gasteiger partial charge in [-0.05, 0) is 25.5 Å². The predicted molar refractivity (Wildman–Crippen MR) is 71.5 cm³/mol. The monoisotopic (exact) mass is 246 g/mol. The van der Waals surface area contributed by atoms with E-state index in [2.05, 4.69) is 21.7 Å². The Hall–Kier alpha value is -2.04. The van der Waals surface area contributed by atoms with Gasteiger partial charge in [0.05, 0.1) is 12.7 Å². The first-order chi connectivity index (χ1) is 8.67. The molecule has 1 heterocycles. The predicted octanol–water partition coefficient (Wildman–Crippen LogP) is 2.25. The van der Waals surface area contributed by atoms with Gasteiger partial charge in [-0.2, -0.15) is 0 Å². The molecule has 0 bridgehead atoms. The second-order valence-electron chi connectivity index (χ2n) is 4.18. The smallest absolute Gasteiger partial charge is 0.167 e. The molecule has 5 heteroatoms. The zero-order valence-corrected chi connectivity index (χ0v) is 11.0. The lowest BCUT2D eigenvalue weighted by Crippen LogP contribution is -2.03. The lowest BCUT2D eigenvalue weighted by atomic mass is 10.1. The number of anilines is 1. The number of nitrogen functional groups attached to an aromatic ring is 1. The average molecular weight is 246 g/mol. The Morgan fingerprint density at radius 1 is 1.33 bits per heavy atom. The molecule has 2 aromatic rings. The van der Waals surface area contributed by atoms with Crippen molar-refractivity contribution in [2.24, 2.45) is 0 Å². The molecule has 0 aliphatic heterocycles. The Morgan fingerprint density at radius 3 is 2.78 bits per heavy atom. The van der Waals surface area contributed by atoms with Crippen LogP contribution in [-0.4, -0.2) is 21.9 Å². The molecule has 1 aromatic heterocycles. The Labute approximate surface area is 107 Å². The van der Waals surface area contributed by atoms with Gasteiger partial charge in [0.15, 0.2) is 5.82 Å². The van der Waals surface area contributed by atoms with Gasteiger partial charge in [-0.3, -0.25) is 0 Å². The van der Waals surface area contributed by atoms with Crippen molar-refractivity contribution in [1.29, 1.82) is 0 Å². The molecule has 0 radical (unpaired) electrons. The van der Waals surface area contributed by atoms with Gasteiger partial charge in [0, 0.05) is 18.3 Å². The molecule has 0 saturated carbocycles. The molecule has 0 saturated heterocycles. The Bertz CT molecular complexity index is 548. The van der Waals surface area contributed by atoms with Crippen LogP contribution in [0.3, 0.4) is 0 Å². The van der Waals surface area contributed by atoms with Crippen molar-refractivity contribution in [3.63, 3.8) is 0 Å². The second-order valence-corrected chi connectivity index (χ2v) is 4.18. The molecule has 2 rings (SSSR count). The molecule has 0 atom stereocenters. The number of rotatable bonds is 4. The molecular formula is C13H18N4O. The van der Waals surface area contributed by atoms with Crippen LogP contribution >= 0.6 is 0 Å². The van der Waals surface area contributed by atoms with E-state index in [-0.39, 0.29) is 0 Å². The van der Waals surface area contributed by atoms with Crippen LogP contribution in [-0.2, 0) is 6.54 Å². The number of aromatic nitrogens is 3. The van der Waals surface area contributed by atoms with Gasteiger partial charge < -0.3 is 15.0 Å². The number of hydrogen-bond acceptors (Lipinski definition) is 4. The number of hydrogen-bond donors (Lipinski definition) is 1. The summed E-state index contributed by atoms with van der Waals surface area (Å²) in [6, 6.07) is 5.57. The van der Waals surface area contributed by atoms with Gasteiger partial charge >= 0.3 is 0 Å². The van der Waals surface area contributed by atoms with Gasteiger partial charge in [-0.15, -0.1) is 10.2 Å². The highest BCUT2D eigenvalue weighted by Gasteiger charge is 2.14. The molecule has 0 spiro atoms. The Balaban J connectivity index is 2.54. The SMILES string of the molecule is CCCn1c(C)nnc1-c1ccc(N)cc1OC. The molecule has 0 amide bonds. The third kappa shape index (κ3) is 2.16. The van der Waals surface area contributed by atoms with Crippen LogP contribution in [0, 0.1) is 6.92 Å². The molecule has 0 aliphatic carbocycles. The topological polar surface area (TPSA) is 66.0 Å². The highest BCUT2D eigenvalue weighted by molar-refractivity contribution is 5.68. The van der Waals surface area contributed by atoms with E-state index in [1.807, 2.05) is 19.1 Å². The van der Waals surface area contributed by atoms with Gasteiger partial charge in [0.25, 0.3) is 0 Å². The normalized spacial score (nSPS) is 10.6.